The second kappa shape index (κ2) is 13.2. The summed E-state index contributed by atoms with van der Waals surface area (Å²) in [5.74, 6) is -8.48. The Labute approximate surface area is 310 Å². The molecule has 2 aliphatic carbocycles. The van der Waals surface area contributed by atoms with Gasteiger partial charge in [0.05, 0.1) is 33.8 Å². The number of hydrogen-bond acceptors (Lipinski definition) is 8. The molecule has 11 nitrogen and oxygen atoms in total. The van der Waals surface area contributed by atoms with Crippen LogP contribution in [-0.4, -0.2) is 61.2 Å². The highest BCUT2D eigenvalue weighted by molar-refractivity contribution is 6.33. The fourth-order valence-corrected chi connectivity index (χ4v) is 9.02. The van der Waals surface area contributed by atoms with Crippen molar-refractivity contribution in [2.45, 2.75) is 50.1 Å². The van der Waals surface area contributed by atoms with Gasteiger partial charge in [-0.3, -0.25) is 34.3 Å². The van der Waals surface area contributed by atoms with Gasteiger partial charge in [0.2, 0.25) is 11.8 Å². The van der Waals surface area contributed by atoms with Gasteiger partial charge in [0.1, 0.15) is 5.75 Å². The minimum absolute atomic E-state index is 0.0235. The average Bonchev–Trinajstić information content (AvgIpc) is 3.47. The van der Waals surface area contributed by atoms with Crippen LogP contribution in [0.5, 0.6) is 5.75 Å². The minimum atomic E-state index is -4.76. The number of benzene rings is 2. The second-order valence-corrected chi connectivity index (χ2v) is 14.6. The first-order valence-corrected chi connectivity index (χ1v) is 17.5. The highest BCUT2D eigenvalue weighted by Crippen LogP contribution is 2.64. The highest BCUT2D eigenvalue weighted by Gasteiger charge is 2.70. The first kappa shape index (κ1) is 36.4. The van der Waals surface area contributed by atoms with Crippen molar-refractivity contribution in [3.05, 3.63) is 98.7 Å². The van der Waals surface area contributed by atoms with Gasteiger partial charge < -0.3 is 10.2 Å². The molecule has 4 aliphatic rings. The number of nitrogens with zero attached hydrogens (tertiary/aromatic N) is 3. The fraction of sp³-hybridized carbons (Fsp3) is 0.351. The summed E-state index contributed by atoms with van der Waals surface area (Å²) in [4.78, 5) is 73.7. The number of alkyl halides is 3. The zero-order valence-corrected chi connectivity index (χ0v) is 29.4. The monoisotopic (exact) mass is 770 g/mol. The standard InChI is InChI=1S/C37H31Cl2F3N4O7/c1-17-13-18(4-11-27(17)47)30-22-9-10-23-29(34(52)45(32(23)50)12-2-3-28(48)49)24(22)15-25-33(51)46(35(53)36(25,30)19-5-7-21(38)8-6-19)44-31-26(39)14-20(16-43-31)37(40,41)42/h4-9,11,13-14,16,23-25,29-30,47H,2-3,10,12,15H2,1H3,(H,43,44)(H,48,49). The molecule has 16 heteroatoms. The van der Waals surface area contributed by atoms with E-state index in [1.54, 1.807) is 43.3 Å². The van der Waals surface area contributed by atoms with E-state index in [-0.39, 0.29) is 43.8 Å². The maximum absolute atomic E-state index is 15.2. The molecule has 4 amide bonds. The number of carboxylic acid groups (broad SMARTS) is 1. The summed E-state index contributed by atoms with van der Waals surface area (Å²) >= 11 is 12.5. The number of imide groups is 2. The summed E-state index contributed by atoms with van der Waals surface area (Å²) in [5.41, 5.74) is 1.73. The number of pyridine rings is 1. The van der Waals surface area contributed by atoms with Crippen LogP contribution in [0.2, 0.25) is 10.0 Å². The summed E-state index contributed by atoms with van der Waals surface area (Å²) in [6.07, 6.45) is -2.52. The van der Waals surface area contributed by atoms with Crippen LogP contribution in [0.3, 0.4) is 0 Å². The lowest BCUT2D eigenvalue weighted by Gasteiger charge is -2.50. The highest BCUT2D eigenvalue weighted by atomic mass is 35.5. The molecule has 3 N–H and O–H groups in total. The Morgan fingerprint density at radius 1 is 1.02 bits per heavy atom. The Bertz CT molecular complexity index is 2110. The number of rotatable bonds is 8. The normalized spacial score (nSPS) is 26.7. The first-order valence-electron chi connectivity index (χ1n) is 16.8. The number of likely N-dealkylation sites (tertiary alicyclic amines) is 1. The van der Waals surface area contributed by atoms with Crippen molar-refractivity contribution in [2.75, 3.05) is 12.0 Å². The molecular weight excluding hydrogens is 740 g/mol. The van der Waals surface area contributed by atoms with Gasteiger partial charge in [-0.1, -0.05) is 59.1 Å². The Morgan fingerprint density at radius 3 is 2.38 bits per heavy atom. The van der Waals surface area contributed by atoms with Crippen molar-refractivity contribution in [1.29, 1.82) is 0 Å². The van der Waals surface area contributed by atoms with E-state index >= 15 is 4.79 Å². The molecule has 3 aromatic rings. The predicted octanol–water partition coefficient (Wildman–Crippen LogP) is 6.27. The number of halogens is 5. The molecular formula is C37H31Cl2F3N4O7. The summed E-state index contributed by atoms with van der Waals surface area (Å²) in [6.45, 7) is 1.58. The number of phenols is 1. The van der Waals surface area contributed by atoms with E-state index in [0.29, 0.717) is 44.6 Å². The van der Waals surface area contributed by atoms with Crippen molar-refractivity contribution in [3.8, 4) is 5.75 Å². The van der Waals surface area contributed by atoms with Gasteiger partial charge in [0, 0.05) is 30.1 Å². The van der Waals surface area contributed by atoms with Crippen LogP contribution in [0.25, 0.3) is 0 Å². The van der Waals surface area contributed by atoms with Crippen LogP contribution in [0, 0.1) is 30.6 Å². The number of fused-ring (bicyclic) bond motifs is 4. The van der Waals surface area contributed by atoms with E-state index in [2.05, 4.69) is 10.4 Å². The number of carbonyl (C=O) groups excluding carboxylic acids is 4. The van der Waals surface area contributed by atoms with Gasteiger partial charge >= 0.3 is 12.1 Å². The smallest absolute Gasteiger partial charge is 0.417 e. The molecule has 53 heavy (non-hydrogen) atoms. The number of allylic oxidation sites excluding steroid dienone is 2. The van der Waals surface area contributed by atoms with E-state index in [1.807, 2.05) is 6.08 Å². The maximum atomic E-state index is 15.2. The molecule has 2 aromatic carbocycles. The van der Waals surface area contributed by atoms with Crippen LogP contribution in [0.4, 0.5) is 19.0 Å². The second-order valence-electron chi connectivity index (χ2n) is 13.8. The number of amides is 4. The molecule has 0 bridgehead atoms. The largest absolute Gasteiger partial charge is 0.508 e. The summed E-state index contributed by atoms with van der Waals surface area (Å²) < 4.78 is 40.3. The number of aromatic hydroxyl groups is 1. The van der Waals surface area contributed by atoms with Gasteiger partial charge in [-0.2, -0.15) is 18.2 Å². The number of aryl methyl sites for hydroxylation is 1. The van der Waals surface area contributed by atoms with Crippen molar-refractivity contribution < 1.29 is 47.4 Å². The summed E-state index contributed by atoms with van der Waals surface area (Å²) in [5, 5.41) is 20.2. The zero-order chi connectivity index (χ0) is 38.1. The predicted molar refractivity (Wildman–Crippen MR) is 183 cm³/mol. The third-order valence-electron chi connectivity index (χ3n) is 11.0. The number of anilines is 1. The molecule has 0 radical (unpaired) electrons. The lowest BCUT2D eigenvalue weighted by atomic mass is 9.49. The van der Waals surface area contributed by atoms with Crippen LogP contribution >= 0.6 is 23.2 Å². The summed E-state index contributed by atoms with van der Waals surface area (Å²) in [6, 6.07) is 11.8. The van der Waals surface area contributed by atoms with Gasteiger partial charge in [-0.25, -0.2) is 4.98 Å². The van der Waals surface area contributed by atoms with E-state index in [1.165, 1.54) is 6.07 Å². The maximum Gasteiger partial charge on any atom is 0.417 e. The molecule has 6 atom stereocenters. The number of hydrogen-bond donors (Lipinski definition) is 3. The Kier molecular flexibility index (Phi) is 9.05. The number of aliphatic carboxylic acids is 1. The minimum Gasteiger partial charge on any atom is -0.508 e. The van der Waals surface area contributed by atoms with Crippen molar-refractivity contribution >= 4 is 58.6 Å². The molecule has 3 heterocycles. The molecule has 2 saturated heterocycles. The van der Waals surface area contributed by atoms with E-state index in [9.17, 15) is 37.5 Å². The van der Waals surface area contributed by atoms with E-state index in [4.69, 9.17) is 28.3 Å². The van der Waals surface area contributed by atoms with Gasteiger partial charge in [0.25, 0.3) is 11.8 Å². The molecule has 1 saturated carbocycles. The lowest BCUT2D eigenvalue weighted by Crippen LogP contribution is -2.53. The lowest BCUT2D eigenvalue weighted by molar-refractivity contribution is -0.142. The number of aromatic nitrogens is 1. The van der Waals surface area contributed by atoms with Crippen LogP contribution in [0.1, 0.15) is 53.9 Å². The molecule has 7 rings (SSSR count). The number of hydrazine groups is 1. The van der Waals surface area contributed by atoms with Gasteiger partial charge in [0.15, 0.2) is 5.82 Å². The first-order chi connectivity index (χ1) is 25.0. The van der Waals surface area contributed by atoms with E-state index in [0.717, 1.165) is 4.90 Å². The third kappa shape index (κ3) is 5.82. The molecule has 0 spiro atoms. The van der Waals surface area contributed by atoms with Crippen LogP contribution in [-0.2, 0) is 35.6 Å². The van der Waals surface area contributed by atoms with Gasteiger partial charge in [-0.05, 0) is 73.1 Å². The third-order valence-corrected chi connectivity index (χ3v) is 11.5. The number of carboxylic acids is 1. The van der Waals surface area contributed by atoms with Gasteiger partial charge in [-0.15, -0.1) is 0 Å². The van der Waals surface area contributed by atoms with Crippen molar-refractivity contribution in [1.82, 2.24) is 14.9 Å². The number of carbonyl (C=O) groups is 5. The van der Waals surface area contributed by atoms with Crippen molar-refractivity contribution in [2.24, 2.45) is 23.7 Å². The van der Waals surface area contributed by atoms with Crippen LogP contribution in [0.15, 0.2) is 66.4 Å². The fourth-order valence-electron chi connectivity index (χ4n) is 8.69. The van der Waals surface area contributed by atoms with Crippen LogP contribution < -0.4 is 5.43 Å². The Morgan fingerprint density at radius 2 is 1.74 bits per heavy atom. The SMILES string of the molecule is Cc1cc(C2C3=CCC4C(=O)N(CCCC(=O)O)C(=O)C4C3CC3C(=O)N(Nc4ncc(C(F)(F)F)cc4Cl)C(=O)C32c2ccc(Cl)cc2)ccc1O. The molecule has 3 fully saturated rings. The Balaban J connectivity index is 1.39. The molecule has 1 aromatic heterocycles. The van der Waals surface area contributed by atoms with E-state index < -0.39 is 81.4 Å². The number of phenolic OH excluding ortho intramolecular Hbond substituents is 1. The molecule has 276 valence electrons. The topological polar surface area (TPSA) is 157 Å². The number of nitrogens with one attached hydrogen (secondary N) is 1. The average molecular weight is 772 g/mol. The molecule has 2 aliphatic heterocycles. The summed E-state index contributed by atoms with van der Waals surface area (Å²) in [7, 11) is 0. The molecule has 6 unspecified atom stereocenters. The van der Waals surface area contributed by atoms with Crippen molar-refractivity contribution in [3.63, 3.8) is 0 Å². The zero-order valence-electron chi connectivity index (χ0n) is 27.9. The quantitative estimate of drug-likeness (QED) is 0.177. The Hall–Kier alpha value is -4.95.